The summed E-state index contributed by atoms with van der Waals surface area (Å²) in [5, 5.41) is 3.30. The van der Waals surface area contributed by atoms with Gasteiger partial charge in [-0.25, -0.2) is 0 Å². The number of hydrogen-bond donors (Lipinski definition) is 1. The summed E-state index contributed by atoms with van der Waals surface area (Å²) in [5.41, 5.74) is 1.24. The molecule has 0 aliphatic carbocycles. The Morgan fingerprint density at radius 1 is 1.64 bits per heavy atom. The van der Waals surface area contributed by atoms with Gasteiger partial charge in [0.2, 0.25) is 0 Å². The van der Waals surface area contributed by atoms with Crippen LogP contribution in [0.4, 0.5) is 0 Å². The number of aromatic nitrogens is 1. The van der Waals surface area contributed by atoms with E-state index in [9.17, 15) is 0 Å². The van der Waals surface area contributed by atoms with Crippen molar-refractivity contribution in [1.82, 2.24) is 10.3 Å². The number of hydrogen-bond acceptors (Lipinski definition) is 2. The Morgan fingerprint density at radius 3 is 3.07 bits per heavy atom. The molecule has 1 heterocycles. The molecule has 14 heavy (non-hydrogen) atoms. The first-order valence-corrected chi connectivity index (χ1v) is 4.95. The fourth-order valence-corrected chi connectivity index (χ4v) is 1.26. The standard InChI is InChI=1S/C12H16N2/c1-3-12(4-2)14-9-7-11-6-5-8-13-10-11/h1,5-6,8,10,12,14H,4,7,9H2,2H3. The van der Waals surface area contributed by atoms with Crippen molar-refractivity contribution in [1.29, 1.82) is 0 Å². The van der Waals surface area contributed by atoms with E-state index < -0.39 is 0 Å². The zero-order chi connectivity index (χ0) is 10.2. The van der Waals surface area contributed by atoms with Crippen molar-refractivity contribution in [3.05, 3.63) is 30.1 Å². The maximum Gasteiger partial charge on any atom is 0.0684 e. The van der Waals surface area contributed by atoms with Crippen molar-refractivity contribution in [3.8, 4) is 12.3 Å². The second-order valence-electron chi connectivity index (χ2n) is 3.19. The molecule has 1 atom stereocenters. The second kappa shape index (κ2) is 6.17. The molecule has 1 aromatic rings. The Hall–Kier alpha value is -1.33. The number of terminal acetylenes is 1. The smallest absolute Gasteiger partial charge is 0.0684 e. The van der Waals surface area contributed by atoms with Crippen LogP contribution in [-0.4, -0.2) is 17.6 Å². The molecule has 1 N–H and O–H groups in total. The minimum absolute atomic E-state index is 0.201. The Bertz CT molecular complexity index is 287. The topological polar surface area (TPSA) is 24.9 Å². The molecule has 0 aliphatic rings. The average Bonchev–Trinajstić information content (AvgIpc) is 2.26. The molecule has 0 aliphatic heterocycles. The lowest BCUT2D eigenvalue weighted by molar-refractivity contribution is 0.593. The highest BCUT2D eigenvalue weighted by molar-refractivity contribution is 5.09. The van der Waals surface area contributed by atoms with Crippen LogP contribution in [0.15, 0.2) is 24.5 Å². The molecule has 1 unspecified atom stereocenters. The number of pyridine rings is 1. The van der Waals surface area contributed by atoms with Crippen LogP contribution >= 0.6 is 0 Å². The summed E-state index contributed by atoms with van der Waals surface area (Å²) in [7, 11) is 0. The molecule has 1 aromatic heterocycles. The van der Waals surface area contributed by atoms with Crippen LogP contribution in [0.5, 0.6) is 0 Å². The number of rotatable bonds is 5. The maximum absolute atomic E-state index is 5.34. The van der Waals surface area contributed by atoms with Crippen LogP contribution in [-0.2, 0) is 6.42 Å². The Balaban J connectivity index is 2.26. The van der Waals surface area contributed by atoms with E-state index in [1.165, 1.54) is 5.56 Å². The summed E-state index contributed by atoms with van der Waals surface area (Å²) in [6, 6.07) is 4.23. The van der Waals surface area contributed by atoms with Gasteiger partial charge < -0.3 is 5.32 Å². The average molecular weight is 188 g/mol. The molecule has 2 heteroatoms. The van der Waals surface area contributed by atoms with E-state index >= 15 is 0 Å². The second-order valence-corrected chi connectivity index (χ2v) is 3.19. The van der Waals surface area contributed by atoms with Crippen molar-refractivity contribution in [2.75, 3.05) is 6.54 Å². The normalized spacial score (nSPS) is 12.0. The molecular formula is C12H16N2. The lowest BCUT2D eigenvalue weighted by atomic mass is 10.2. The van der Waals surface area contributed by atoms with Gasteiger partial charge in [0, 0.05) is 18.9 Å². The van der Waals surface area contributed by atoms with Gasteiger partial charge in [-0.2, -0.15) is 0 Å². The molecule has 1 rings (SSSR count). The van der Waals surface area contributed by atoms with E-state index in [1.807, 2.05) is 12.3 Å². The quantitative estimate of drug-likeness (QED) is 0.710. The highest BCUT2D eigenvalue weighted by atomic mass is 14.9. The fraction of sp³-hybridized carbons (Fsp3) is 0.417. The monoisotopic (exact) mass is 188 g/mol. The van der Waals surface area contributed by atoms with Crippen molar-refractivity contribution in [2.45, 2.75) is 25.8 Å². The fourth-order valence-electron chi connectivity index (χ4n) is 1.26. The zero-order valence-corrected chi connectivity index (χ0v) is 8.53. The van der Waals surface area contributed by atoms with Gasteiger partial charge in [0.1, 0.15) is 0 Å². The Kier molecular flexibility index (Phi) is 4.74. The summed E-state index contributed by atoms with van der Waals surface area (Å²) in [4.78, 5) is 4.05. The lowest BCUT2D eigenvalue weighted by Gasteiger charge is -2.09. The van der Waals surface area contributed by atoms with Crippen LogP contribution in [0.2, 0.25) is 0 Å². The molecule has 0 amide bonds. The first-order valence-electron chi connectivity index (χ1n) is 4.95. The Morgan fingerprint density at radius 2 is 2.50 bits per heavy atom. The molecule has 2 nitrogen and oxygen atoms in total. The van der Waals surface area contributed by atoms with Crippen LogP contribution in [0.25, 0.3) is 0 Å². The van der Waals surface area contributed by atoms with Crippen molar-refractivity contribution in [3.63, 3.8) is 0 Å². The molecule has 0 saturated carbocycles. The van der Waals surface area contributed by atoms with Gasteiger partial charge in [0.15, 0.2) is 0 Å². The van der Waals surface area contributed by atoms with Gasteiger partial charge in [-0.15, -0.1) is 6.42 Å². The van der Waals surface area contributed by atoms with E-state index in [0.717, 1.165) is 19.4 Å². The summed E-state index contributed by atoms with van der Waals surface area (Å²) >= 11 is 0. The van der Waals surface area contributed by atoms with Crippen molar-refractivity contribution in [2.24, 2.45) is 0 Å². The summed E-state index contributed by atoms with van der Waals surface area (Å²) < 4.78 is 0. The SMILES string of the molecule is C#CC(CC)NCCc1cccnc1. The van der Waals surface area contributed by atoms with Crippen LogP contribution in [0.1, 0.15) is 18.9 Å². The molecule has 0 bridgehead atoms. The van der Waals surface area contributed by atoms with E-state index in [0.29, 0.717) is 0 Å². The minimum atomic E-state index is 0.201. The van der Waals surface area contributed by atoms with E-state index in [1.54, 1.807) is 6.20 Å². The highest BCUT2D eigenvalue weighted by Gasteiger charge is 1.99. The predicted molar refractivity (Wildman–Crippen MR) is 58.9 cm³/mol. The van der Waals surface area contributed by atoms with Gasteiger partial charge in [-0.1, -0.05) is 18.9 Å². The minimum Gasteiger partial charge on any atom is -0.303 e. The molecule has 0 fully saturated rings. The van der Waals surface area contributed by atoms with Gasteiger partial charge >= 0.3 is 0 Å². The summed E-state index contributed by atoms with van der Waals surface area (Å²) in [6.45, 7) is 3.00. The summed E-state index contributed by atoms with van der Waals surface area (Å²) in [5.74, 6) is 2.71. The Labute approximate surface area is 85.8 Å². The lowest BCUT2D eigenvalue weighted by Crippen LogP contribution is -2.28. The molecule has 74 valence electrons. The molecule has 0 aromatic carbocycles. The third-order valence-electron chi connectivity index (χ3n) is 2.14. The number of nitrogens with one attached hydrogen (secondary N) is 1. The van der Waals surface area contributed by atoms with E-state index in [4.69, 9.17) is 6.42 Å². The predicted octanol–water partition coefficient (Wildman–Crippen LogP) is 1.63. The van der Waals surface area contributed by atoms with Crippen molar-refractivity contribution >= 4 is 0 Å². The van der Waals surface area contributed by atoms with Gasteiger partial charge in [-0.05, 0) is 24.5 Å². The largest absolute Gasteiger partial charge is 0.303 e. The van der Waals surface area contributed by atoms with Crippen LogP contribution in [0, 0.1) is 12.3 Å². The zero-order valence-electron chi connectivity index (χ0n) is 8.53. The van der Waals surface area contributed by atoms with Crippen LogP contribution < -0.4 is 5.32 Å². The van der Waals surface area contributed by atoms with Crippen molar-refractivity contribution < 1.29 is 0 Å². The third kappa shape index (κ3) is 3.59. The van der Waals surface area contributed by atoms with Gasteiger partial charge in [0.05, 0.1) is 6.04 Å². The van der Waals surface area contributed by atoms with Gasteiger partial charge in [-0.3, -0.25) is 4.98 Å². The number of nitrogens with zero attached hydrogens (tertiary/aromatic N) is 1. The van der Waals surface area contributed by atoms with Crippen LogP contribution in [0.3, 0.4) is 0 Å². The van der Waals surface area contributed by atoms with E-state index in [2.05, 4.69) is 29.2 Å². The van der Waals surface area contributed by atoms with Gasteiger partial charge in [0.25, 0.3) is 0 Å². The highest BCUT2D eigenvalue weighted by Crippen LogP contribution is 1.96. The third-order valence-corrected chi connectivity index (χ3v) is 2.14. The first kappa shape index (κ1) is 10.7. The molecular weight excluding hydrogens is 172 g/mol. The molecule has 0 radical (unpaired) electrons. The van der Waals surface area contributed by atoms with E-state index in [-0.39, 0.29) is 6.04 Å². The summed E-state index contributed by atoms with van der Waals surface area (Å²) in [6.07, 6.45) is 11.0. The maximum atomic E-state index is 5.34. The molecule has 0 spiro atoms. The first-order chi connectivity index (χ1) is 6.86. The molecule has 0 saturated heterocycles.